The fraction of sp³-hybridized carbons (Fsp3) is 0.812. The van der Waals surface area contributed by atoms with Gasteiger partial charge in [0.25, 0.3) is 0 Å². The highest BCUT2D eigenvalue weighted by Crippen LogP contribution is 2.14. The van der Waals surface area contributed by atoms with Crippen LogP contribution in [-0.2, 0) is 14.2 Å². The van der Waals surface area contributed by atoms with Crippen LogP contribution in [0.2, 0.25) is 0 Å². The molecule has 2 amide bonds. The standard InChI is InChI=1S/C32H63N9O6S2/c1-23(36-38-25(48)33-12)24(2)37-39-26(49)34-17-15-21-40(28(43)46-31(6,7)8)19-13-14-20-41(29(44)47-32(9,10)11)22-16-18-35-27(42)45-30(3,4)5/h27,35,42H,13-22H2,1-12H3,(H2,33,38,48)(H2,34,39,49). The molecule has 1 unspecified atom stereocenters. The molecule has 15 nitrogen and oxygen atoms in total. The molecule has 0 saturated heterocycles. The first-order valence-electron chi connectivity index (χ1n) is 16.7. The van der Waals surface area contributed by atoms with E-state index in [9.17, 15) is 14.7 Å². The van der Waals surface area contributed by atoms with Gasteiger partial charge in [0.15, 0.2) is 10.2 Å². The lowest BCUT2D eigenvalue weighted by Gasteiger charge is -2.29. The highest BCUT2D eigenvalue weighted by Gasteiger charge is 2.24. The number of nitrogens with one attached hydrogen (secondary N) is 5. The molecule has 17 heteroatoms. The molecule has 0 aromatic rings. The third-order valence-electron chi connectivity index (χ3n) is 6.09. The minimum Gasteiger partial charge on any atom is -0.444 e. The lowest BCUT2D eigenvalue weighted by atomic mass is 10.2. The second-order valence-electron chi connectivity index (χ2n) is 14.3. The second kappa shape index (κ2) is 22.8. The van der Waals surface area contributed by atoms with E-state index >= 15 is 0 Å². The van der Waals surface area contributed by atoms with Crippen LogP contribution >= 0.6 is 24.4 Å². The van der Waals surface area contributed by atoms with Crippen molar-refractivity contribution in [3.8, 4) is 0 Å². The number of aliphatic hydroxyl groups excluding tert-OH is 1. The molecule has 0 bridgehead atoms. The van der Waals surface area contributed by atoms with E-state index in [2.05, 4.69) is 37.0 Å². The zero-order valence-corrected chi connectivity index (χ0v) is 33.4. The first-order valence-corrected chi connectivity index (χ1v) is 17.5. The van der Waals surface area contributed by atoms with Gasteiger partial charge < -0.3 is 39.8 Å². The van der Waals surface area contributed by atoms with Gasteiger partial charge in [0.05, 0.1) is 17.0 Å². The molecule has 284 valence electrons. The van der Waals surface area contributed by atoms with Gasteiger partial charge in [-0.15, -0.1) is 0 Å². The number of amides is 2. The quantitative estimate of drug-likeness (QED) is 0.0393. The van der Waals surface area contributed by atoms with Crippen molar-refractivity contribution in [2.45, 2.75) is 125 Å². The molecule has 6 N–H and O–H groups in total. The van der Waals surface area contributed by atoms with Crippen molar-refractivity contribution in [2.24, 2.45) is 10.2 Å². The highest BCUT2D eigenvalue weighted by atomic mass is 32.1. The highest BCUT2D eigenvalue weighted by molar-refractivity contribution is 7.80. The zero-order chi connectivity index (χ0) is 37.8. The Hall–Kier alpha value is -2.86. The number of hydrogen-bond acceptors (Lipinski definition) is 11. The van der Waals surface area contributed by atoms with Gasteiger partial charge >= 0.3 is 12.2 Å². The molecule has 0 heterocycles. The van der Waals surface area contributed by atoms with Gasteiger partial charge in [-0.25, -0.2) is 9.59 Å². The molecular formula is C32H63N9O6S2. The summed E-state index contributed by atoms with van der Waals surface area (Å²) in [6.07, 6.45) is 0.565. The first kappa shape index (κ1) is 46.1. The van der Waals surface area contributed by atoms with Gasteiger partial charge in [-0.3, -0.25) is 16.2 Å². The molecule has 0 aliphatic carbocycles. The Labute approximate surface area is 304 Å². The van der Waals surface area contributed by atoms with Crippen molar-refractivity contribution in [1.29, 1.82) is 0 Å². The number of rotatable bonds is 18. The summed E-state index contributed by atoms with van der Waals surface area (Å²) in [5.41, 5.74) is 4.98. The molecule has 0 radical (unpaired) electrons. The Morgan fingerprint density at radius 3 is 1.51 bits per heavy atom. The number of carbonyl (C=O) groups excluding carboxylic acids is 2. The van der Waals surface area contributed by atoms with Crippen molar-refractivity contribution in [1.82, 2.24) is 36.6 Å². The Kier molecular flexibility index (Phi) is 21.4. The maximum atomic E-state index is 13.0. The van der Waals surface area contributed by atoms with Crippen molar-refractivity contribution in [2.75, 3.05) is 46.3 Å². The number of unbranched alkanes of at least 4 members (excludes halogenated alkanes) is 1. The first-order chi connectivity index (χ1) is 22.5. The predicted octanol–water partition coefficient (Wildman–Crippen LogP) is 4.01. The smallest absolute Gasteiger partial charge is 0.410 e. The summed E-state index contributed by atoms with van der Waals surface area (Å²) in [4.78, 5) is 29.3. The van der Waals surface area contributed by atoms with E-state index in [1.54, 1.807) is 30.7 Å². The van der Waals surface area contributed by atoms with E-state index in [-0.39, 0.29) is 0 Å². The van der Waals surface area contributed by atoms with Gasteiger partial charge in [-0.05, 0) is 126 Å². The molecule has 0 spiro atoms. The van der Waals surface area contributed by atoms with Gasteiger partial charge in [-0.2, -0.15) is 10.2 Å². The fourth-order valence-corrected chi connectivity index (χ4v) is 3.91. The molecule has 0 saturated carbocycles. The van der Waals surface area contributed by atoms with E-state index in [1.807, 2.05) is 62.3 Å². The number of hydrogen-bond donors (Lipinski definition) is 6. The normalized spacial score (nSPS) is 13.2. The number of ether oxygens (including phenoxy) is 3. The lowest BCUT2D eigenvalue weighted by Crippen LogP contribution is -2.42. The molecule has 49 heavy (non-hydrogen) atoms. The monoisotopic (exact) mass is 733 g/mol. The average molecular weight is 734 g/mol. The Morgan fingerprint density at radius 2 is 1.10 bits per heavy atom. The van der Waals surface area contributed by atoms with Gasteiger partial charge in [0.1, 0.15) is 11.2 Å². The maximum Gasteiger partial charge on any atom is 0.410 e. The van der Waals surface area contributed by atoms with Crippen LogP contribution < -0.4 is 26.8 Å². The molecule has 0 fully saturated rings. The second-order valence-corrected chi connectivity index (χ2v) is 15.2. The zero-order valence-electron chi connectivity index (χ0n) is 31.7. The number of hydrazone groups is 2. The van der Waals surface area contributed by atoms with Crippen molar-refractivity contribution in [3.63, 3.8) is 0 Å². The molecule has 0 rings (SSSR count). The fourth-order valence-electron chi connectivity index (χ4n) is 3.72. The van der Waals surface area contributed by atoms with E-state index in [0.29, 0.717) is 86.6 Å². The molecule has 0 aliphatic rings. The minimum absolute atomic E-state index is 0.336. The third-order valence-corrected chi connectivity index (χ3v) is 6.62. The van der Waals surface area contributed by atoms with Crippen molar-refractivity contribution in [3.05, 3.63) is 0 Å². The van der Waals surface area contributed by atoms with Crippen LogP contribution in [0, 0.1) is 0 Å². The summed E-state index contributed by atoms with van der Waals surface area (Å²) >= 11 is 10.3. The number of aliphatic hydroxyl groups is 1. The summed E-state index contributed by atoms with van der Waals surface area (Å²) in [6, 6.07) is 0. The minimum atomic E-state index is -1.10. The van der Waals surface area contributed by atoms with Gasteiger partial charge in [-0.1, -0.05) is 0 Å². The molecule has 0 aromatic carbocycles. The maximum absolute atomic E-state index is 13.0. The molecule has 0 aliphatic heterocycles. The van der Waals surface area contributed by atoms with Gasteiger partial charge in [0, 0.05) is 46.3 Å². The van der Waals surface area contributed by atoms with Crippen molar-refractivity contribution < 1.29 is 28.9 Å². The number of carbonyl (C=O) groups is 2. The van der Waals surface area contributed by atoms with E-state index in [1.165, 1.54) is 0 Å². The summed E-state index contributed by atoms with van der Waals surface area (Å²) < 4.78 is 16.7. The Bertz CT molecular complexity index is 1100. The third kappa shape index (κ3) is 25.7. The largest absolute Gasteiger partial charge is 0.444 e. The summed E-state index contributed by atoms with van der Waals surface area (Å²) in [5, 5.41) is 27.9. The Balaban J connectivity index is 5.08. The number of thiocarbonyl (C=S) groups is 2. The molecular weight excluding hydrogens is 671 g/mol. The van der Waals surface area contributed by atoms with Crippen LogP contribution in [0.25, 0.3) is 0 Å². The van der Waals surface area contributed by atoms with Crippen LogP contribution in [0.4, 0.5) is 9.59 Å². The average Bonchev–Trinajstić information content (AvgIpc) is 2.95. The van der Waals surface area contributed by atoms with Crippen LogP contribution in [0.15, 0.2) is 10.2 Å². The van der Waals surface area contributed by atoms with E-state index in [0.717, 1.165) is 0 Å². The van der Waals surface area contributed by atoms with Crippen molar-refractivity contribution >= 4 is 58.3 Å². The summed E-state index contributed by atoms with van der Waals surface area (Å²) in [7, 11) is 1.70. The molecule has 1 atom stereocenters. The SMILES string of the molecule is CNC(=S)NN=C(C)C(C)=NNC(=S)NCCCN(CCCCN(CCCNC(O)OC(C)(C)C)C(=O)OC(C)(C)C)C(=O)OC(C)(C)C. The topological polar surface area (TPSA) is 173 Å². The summed E-state index contributed by atoms with van der Waals surface area (Å²) in [5.74, 6) is 0. The summed E-state index contributed by atoms with van der Waals surface area (Å²) in [6.45, 7) is 22.8. The lowest BCUT2D eigenvalue weighted by molar-refractivity contribution is -0.181. The van der Waals surface area contributed by atoms with Gasteiger partial charge in [0.2, 0.25) is 6.41 Å². The molecule has 0 aromatic heterocycles. The Morgan fingerprint density at radius 1 is 0.694 bits per heavy atom. The van der Waals surface area contributed by atoms with Crippen LogP contribution in [0.1, 0.15) is 102 Å². The van der Waals surface area contributed by atoms with Crippen LogP contribution in [-0.4, -0.2) is 118 Å². The van der Waals surface area contributed by atoms with E-state index < -0.39 is 35.4 Å². The number of nitrogens with zero attached hydrogens (tertiary/aromatic N) is 4. The van der Waals surface area contributed by atoms with E-state index in [4.69, 9.17) is 38.6 Å². The van der Waals surface area contributed by atoms with Crippen LogP contribution in [0.5, 0.6) is 0 Å². The van der Waals surface area contributed by atoms with Crippen LogP contribution in [0.3, 0.4) is 0 Å². The predicted molar refractivity (Wildman–Crippen MR) is 204 cm³/mol.